The monoisotopic (exact) mass is 405 g/mol. The van der Waals surface area contributed by atoms with E-state index in [-0.39, 0.29) is 17.9 Å². The topological polar surface area (TPSA) is 83.4 Å². The average molecular weight is 406 g/mol. The number of amides is 1. The third-order valence-corrected chi connectivity index (χ3v) is 4.98. The number of likely N-dealkylation sites (tertiary alicyclic amines) is 1. The summed E-state index contributed by atoms with van der Waals surface area (Å²) >= 11 is 5.92. The predicted octanol–water partition coefficient (Wildman–Crippen LogP) is 3.75. The van der Waals surface area contributed by atoms with Gasteiger partial charge in [-0.1, -0.05) is 17.7 Å². The molecule has 0 aliphatic carbocycles. The van der Waals surface area contributed by atoms with Crippen LogP contribution in [-0.2, 0) is 16.1 Å². The van der Waals surface area contributed by atoms with Crippen LogP contribution in [-0.4, -0.2) is 31.7 Å². The Kier molecular flexibility index (Phi) is 5.10. The molecular weight excluding hydrogens is 390 g/mol. The number of ketones is 1. The van der Waals surface area contributed by atoms with Crippen LogP contribution in [0.5, 0.6) is 0 Å². The zero-order valence-corrected chi connectivity index (χ0v) is 16.0. The lowest BCUT2D eigenvalue weighted by Crippen LogP contribution is -2.29. The molecule has 144 valence electrons. The van der Waals surface area contributed by atoms with Gasteiger partial charge in [0, 0.05) is 35.7 Å². The number of rotatable bonds is 4. The van der Waals surface area contributed by atoms with Crippen molar-refractivity contribution in [3.8, 4) is 0 Å². The van der Waals surface area contributed by atoms with Gasteiger partial charge in [0.2, 0.25) is 0 Å². The van der Waals surface area contributed by atoms with Crippen LogP contribution in [0.3, 0.4) is 0 Å². The van der Waals surface area contributed by atoms with Crippen molar-refractivity contribution in [2.45, 2.75) is 12.6 Å². The summed E-state index contributed by atoms with van der Waals surface area (Å²) in [6.07, 6.45) is 4.83. The highest BCUT2D eigenvalue weighted by molar-refractivity contribution is 6.46. The molecule has 1 aromatic carbocycles. The number of Topliss-reactive ketones (excluding diaryl/α,β-unsaturated/α-hetero) is 1. The fraction of sp³-hybridized carbons (Fsp3) is 0.0909. The molecule has 6 nitrogen and oxygen atoms in total. The van der Waals surface area contributed by atoms with Crippen molar-refractivity contribution < 1.29 is 14.7 Å². The molecule has 0 radical (unpaired) electrons. The van der Waals surface area contributed by atoms with E-state index in [1.807, 2.05) is 0 Å². The Morgan fingerprint density at radius 3 is 2.38 bits per heavy atom. The van der Waals surface area contributed by atoms with E-state index in [9.17, 15) is 14.7 Å². The standard InChI is InChI=1S/C22H16ClN3O3/c23-16-6-4-15(5-7-16)20(27)18-19(17-3-1-2-10-25-17)26(22(29)21(18)28)13-14-8-11-24-12-9-14/h1-12,19,27H,13H2/b20-18-. The second kappa shape index (κ2) is 7.85. The minimum absolute atomic E-state index is 0.00470. The molecule has 1 saturated heterocycles. The highest BCUT2D eigenvalue weighted by Crippen LogP contribution is 2.39. The molecule has 3 aromatic rings. The molecular formula is C22H16ClN3O3. The highest BCUT2D eigenvalue weighted by atomic mass is 35.5. The molecule has 1 aliphatic heterocycles. The second-order valence-corrected chi connectivity index (χ2v) is 6.98. The van der Waals surface area contributed by atoms with E-state index in [1.165, 1.54) is 4.90 Å². The number of aliphatic hydroxyl groups excluding tert-OH is 1. The van der Waals surface area contributed by atoms with Crippen molar-refractivity contribution in [3.63, 3.8) is 0 Å². The molecule has 1 unspecified atom stereocenters. The summed E-state index contributed by atoms with van der Waals surface area (Å²) in [5.74, 6) is -1.69. The number of aromatic nitrogens is 2. The van der Waals surface area contributed by atoms with Crippen molar-refractivity contribution in [3.05, 3.63) is 101 Å². The lowest BCUT2D eigenvalue weighted by molar-refractivity contribution is -0.140. The summed E-state index contributed by atoms with van der Waals surface area (Å²) < 4.78 is 0. The van der Waals surface area contributed by atoms with Gasteiger partial charge in [-0.25, -0.2) is 0 Å². The molecule has 1 fully saturated rings. The molecule has 1 N–H and O–H groups in total. The molecule has 0 saturated carbocycles. The summed E-state index contributed by atoms with van der Waals surface area (Å²) in [5.41, 5.74) is 1.72. The van der Waals surface area contributed by atoms with E-state index in [0.717, 1.165) is 5.56 Å². The summed E-state index contributed by atoms with van der Waals surface area (Å²) in [4.78, 5) is 35.5. The largest absolute Gasteiger partial charge is 0.507 e. The predicted molar refractivity (Wildman–Crippen MR) is 108 cm³/mol. The molecule has 4 rings (SSSR count). The maximum absolute atomic E-state index is 12.9. The smallest absolute Gasteiger partial charge is 0.296 e. The quantitative estimate of drug-likeness (QED) is 0.406. The van der Waals surface area contributed by atoms with Crippen molar-refractivity contribution in [1.29, 1.82) is 0 Å². The summed E-state index contributed by atoms with van der Waals surface area (Å²) in [6.45, 7) is 0.186. The van der Waals surface area contributed by atoms with E-state index in [2.05, 4.69) is 9.97 Å². The number of carbonyl (C=O) groups is 2. The van der Waals surface area contributed by atoms with Crippen LogP contribution in [0.2, 0.25) is 5.02 Å². The van der Waals surface area contributed by atoms with Gasteiger partial charge in [-0.15, -0.1) is 0 Å². The fourth-order valence-corrected chi connectivity index (χ4v) is 3.46. The first kappa shape index (κ1) is 18.8. The molecule has 2 aromatic heterocycles. The van der Waals surface area contributed by atoms with Crippen LogP contribution in [0, 0.1) is 0 Å². The molecule has 0 bridgehead atoms. The average Bonchev–Trinajstić information content (AvgIpc) is 3.00. The Morgan fingerprint density at radius 2 is 1.72 bits per heavy atom. The van der Waals surface area contributed by atoms with Gasteiger partial charge in [0.25, 0.3) is 11.7 Å². The first-order valence-electron chi connectivity index (χ1n) is 8.90. The first-order valence-corrected chi connectivity index (χ1v) is 9.28. The highest BCUT2D eigenvalue weighted by Gasteiger charge is 2.46. The van der Waals surface area contributed by atoms with Gasteiger partial charge in [0.05, 0.1) is 11.3 Å². The van der Waals surface area contributed by atoms with E-state index in [1.54, 1.807) is 73.2 Å². The number of hydrogen-bond donors (Lipinski definition) is 1. The summed E-state index contributed by atoms with van der Waals surface area (Å²) in [5, 5.41) is 11.4. The van der Waals surface area contributed by atoms with Gasteiger partial charge in [-0.3, -0.25) is 19.6 Å². The summed E-state index contributed by atoms with van der Waals surface area (Å²) in [6, 6.07) is 14.4. The lowest BCUT2D eigenvalue weighted by Gasteiger charge is -2.24. The van der Waals surface area contributed by atoms with Crippen LogP contribution in [0.1, 0.15) is 22.9 Å². The van der Waals surface area contributed by atoms with Gasteiger partial charge in [-0.2, -0.15) is 0 Å². The third-order valence-electron chi connectivity index (χ3n) is 4.73. The normalized spacial score (nSPS) is 18.2. The van der Waals surface area contributed by atoms with Crippen LogP contribution in [0.4, 0.5) is 0 Å². The molecule has 3 heterocycles. The molecule has 7 heteroatoms. The van der Waals surface area contributed by atoms with Crippen LogP contribution < -0.4 is 0 Å². The van der Waals surface area contributed by atoms with Crippen molar-refractivity contribution in [2.75, 3.05) is 0 Å². The maximum Gasteiger partial charge on any atom is 0.296 e. The SMILES string of the molecule is O=C1C(=O)N(Cc2ccncc2)C(c2ccccn2)/C1=C(/O)c1ccc(Cl)cc1. The number of hydrogen-bond acceptors (Lipinski definition) is 5. The minimum Gasteiger partial charge on any atom is -0.507 e. The van der Waals surface area contributed by atoms with E-state index >= 15 is 0 Å². The Hall–Kier alpha value is -3.51. The van der Waals surface area contributed by atoms with Crippen molar-refractivity contribution >= 4 is 29.1 Å². The molecule has 1 aliphatic rings. The van der Waals surface area contributed by atoms with Gasteiger partial charge < -0.3 is 10.0 Å². The number of pyridine rings is 2. The lowest BCUT2D eigenvalue weighted by atomic mass is 9.98. The fourth-order valence-electron chi connectivity index (χ4n) is 3.34. The molecule has 29 heavy (non-hydrogen) atoms. The Labute approximate surface area is 172 Å². The van der Waals surface area contributed by atoms with Crippen molar-refractivity contribution in [2.24, 2.45) is 0 Å². The zero-order valence-electron chi connectivity index (χ0n) is 15.2. The number of carbonyl (C=O) groups excluding carboxylic acids is 2. The van der Waals surface area contributed by atoms with Crippen LogP contribution in [0.25, 0.3) is 5.76 Å². The number of halogens is 1. The molecule has 0 spiro atoms. The minimum atomic E-state index is -0.806. The van der Waals surface area contributed by atoms with Gasteiger partial charge in [-0.05, 0) is 54.1 Å². The Balaban J connectivity index is 1.85. The zero-order chi connectivity index (χ0) is 20.4. The van der Waals surface area contributed by atoms with Gasteiger partial charge in [0.1, 0.15) is 11.8 Å². The Bertz CT molecular complexity index is 1080. The molecule has 1 atom stereocenters. The Morgan fingerprint density at radius 1 is 1.00 bits per heavy atom. The number of aliphatic hydroxyl groups is 1. The van der Waals surface area contributed by atoms with Crippen LogP contribution >= 0.6 is 11.6 Å². The first-order chi connectivity index (χ1) is 14.1. The van der Waals surface area contributed by atoms with Crippen molar-refractivity contribution in [1.82, 2.24) is 14.9 Å². The number of benzene rings is 1. The molecule has 1 amide bonds. The number of nitrogens with zero attached hydrogens (tertiary/aromatic N) is 3. The third kappa shape index (κ3) is 3.62. The van der Waals surface area contributed by atoms with E-state index in [0.29, 0.717) is 16.3 Å². The van der Waals surface area contributed by atoms with Gasteiger partial charge in [0.15, 0.2) is 0 Å². The maximum atomic E-state index is 12.9. The summed E-state index contributed by atoms with van der Waals surface area (Å²) in [7, 11) is 0. The van der Waals surface area contributed by atoms with Crippen LogP contribution in [0.15, 0.2) is 78.8 Å². The second-order valence-electron chi connectivity index (χ2n) is 6.54. The van der Waals surface area contributed by atoms with E-state index in [4.69, 9.17) is 11.6 Å². The van der Waals surface area contributed by atoms with E-state index < -0.39 is 17.7 Å². The van der Waals surface area contributed by atoms with Gasteiger partial charge >= 0.3 is 0 Å².